The first-order valence-electron chi connectivity index (χ1n) is 13.3. The molecule has 2 aromatic carbocycles. The van der Waals surface area contributed by atoms with E-state index >= 15 is 0 Å². The van der Waals surface area contributed by atoms with Crippen LogP contribution in [0.2, 0.25) is 5.02 Å². The third kappa shape index (κ3) is 5.64. The van der Waals surface area contributed by atoms with Gasteiger partial charge in [0.05, 0.1) is 23.4 Å². The van der Waals surface area contributed by atoms with Gasteiger partial charge in [0, 0.05) is 72.1 Å². The summed E-state index contributed by atoms with van der Waals surface area (Å²) in [6, 6.07) is 16.9. The number of nitrogens with one attached hydrogen (secondary N) is 1. The van der Waals surface area contributed by atoms with Gasteiger partial charge in [-0.05, 0) is 88.1 Å². The van der Waals surface area contributed by atoms with E-state index in [9.17, 15) is 4.79 Å². The number of aryl methyl sites for hydroxylation is 1. The highest BCUT2D eigenvalue weighted by Gasteiger charge is 2.34. The third-order valence-corrected chi connectivity index (χ3v) is 8.33. The molecule has 10 heteroatoms. The summed E-state index contributed by atoms with van der Waals surface area (Å²) in [5.41, 5.74) is 6.60. The van der Waals surface area contributed by atoms with E-state index in [4.69, 9.17) is 21.8 Å². The van der Waals surface area contributed by atoms with Crippen molar-refractivity contribution in [3.05, 3.63) is 110 Å². The molecule has 2 aliphatic rings. The Hall–Kier alpha value is -3.97. The second kappa shape index (κ2) is 11.5. The van der Waals surface area contributed by atoms with Crippen molar-refractivity contribution in [1.82, 2.24) is 24.3 Å². The Morgan fingerprint density at radius 3 is 2.61 bits per heavy atom. The molecule has 8 nitrogen and oxygen atoms in total. The molecule has 1 aliphatic carbocycles. The number of piperazine rings is 1. The van der Waals surface area contributed by atoms with Crippen LogP contribution in [-0.4, -0.2) is 56.5 Å². The second-order valence-corrected chi connectivity index (χ2v) is 11.5. The molecule has 1 atom stereocenters. The van der Waals surface area contributed by atoms with Gasteiger partial charge in [-0.1, -0.05) is 17.7 Å². The van der Waals surface area contributed by atoms with Gasteiger partial charge in [0.2, 0.25) is 0 Å². The van der Waals surface area contributed by atoms with Crippen molar-refractivity contribution < 1.29 is 4.79 Å². The number of nitriles is 1. The van der Waals surface area contributed by atoms with E-state index in [1.54, 1.807) is 24.3 Å². The maximum atomic E-state index is 13.0. The number of allylic oxidation sites excluding steroid dienone is 1. The van der Waals surface area contributed by atoms with Crippen molar-refractivity contribution in [2.24, 2.45) is 0 Å². The number of urea groups is 1. The van der Waals surface area contributed by atoms with Gasteiger partial charge in [0.15, 0.2) is 0 Å². The number of amides is 2. The summed E-state index contributed by atoms with van der Waals surface area (Å²) in [4.78, 5) is 26.7. The molecule has 2 amide bonds. The average molecular weight is 629 g/mol. The van der Waals surface area contributed by atoms with E-state index in [2.05, 4.69) is 60.0 Å². The molecule has 4 aromatic rings. The summed E-state index contributed by atoms with van der Waals surface area (Å²) >= 11 is 10.2. The Morgan fingerprint density at radius 1 is 1.12 bits per heavy atom. The molecule has 2 aromatic heterocycles. The number of carbonyl (C=O) groups is 1. The Morgan fingerprint density at radius 2 is 1.90 bits per heavy atom. The zero-order valence-corrected chi connectivity index (χ0v) is 24.7. The lowest BCUT2D eigenvalue weighted by molar-refractivity contribution is 0.125. The van der Waals surface area contributed by atoms with Crippen LogP contribution in [-0.2, 0) is 6.54 Å². The van der Waals surface area contributed by atoms with Crippen LogP contribution in [0.1, 0.15) is 39.8 Å². The smallest absolute Gasteiger partial charge is 0.321 e. The fourth-order valence-electron chi connectivity index (χ4n) is 5.53. The fraction of sp³-hybridized carbons (Fsp3) is 0.226. The molecule has 1 N–H and O–H groups in total. The van der Waals surface area contributed by atoms with Gasteiger partial charge in [-0.15, -0.1) is 0 Å². The number of hydrogen-bond acceptors (Lipinski definition) is 5. The van der Waals surface area contributed by atoms with Gasteiger partial charge in [0.1, 0.15) is 5.82 Å². The molecule has 0 bridgehead atoms. The lowest BCUT2D eigenvalue weighted by atomic mass is 9.95. The van der Waals surface area contributed by atoms with Crippen molar-refractivity contribution in [1.29, 1.82) is 5.26 Å². The first-order valence-corrected chi connectivity index (χ1v) is 14.5. The summed E-state index contributed by atoms with van der Waals surface area (Å²) in [6.07, 6.45) is 7.88. The Balaban J connectivity index is 1.29. The molecule has 206 valence electrons. The van der Waals surface area contributed by atoms with E-state index in [1.807, 2.05) is 42.5 Å². The molecule has 0 radical (unpaired) electrons. The molecule has 41 heavy (non-hydrogen) atoms. The summed E-state index contributed by atoms with van der Waals surface area (Å²) in [7, 11) is 0. The highest BCUT2D eigenvalue weighted by Crippen LogP contribution is 2.41. The largest absolute Gasteiger partial charge is 0.331 e. The van der Waals surface area contributed by atoms with Gasteiger partial charge >= 0.3 is 6.03 Å². The van der Waals surface area contributed by atoms with Crippen LogP contribution in [0, 0.1) is 18.3 Å². The SMILES string of the molecule is Cc1nccn1CC1=Cc2cc(Cl)ccc2[C@H](N2CCN(C(=O)Nc3ccc(C#N)cc3)CC2)c2ncc(Br)cc21. The lowest BCUT2D eigenvalue weighted by Gasteiger charge is -2.39. The molecule has 1 fully saturated rings. The van der Waals surface area contributed by atoms with Gasteiger partial charge < -0.3 is 14.8 Å². The number of nitrogens with zero attached hydrogens (tertiary/aromatic N) is 6. The Labute approximate surface area is 252 Å². The fourth-order valence-corrected chi connectivity index (χ4v) is 6.04. The van der Waals surface area contributed by atoms with Crippen molar-refractivity contribution in [3.8, 4) is 6.07 Å². The molecule has 0 unspecified atom stereocenters. The topological polar surface area (TPSA) is 90.1 Å². The van der Waals surface area contributed by atoms with Gasteiger partial charge in [0.25, 0.3) is 0 Å². The van der Waals surface area contributed by atoms with Crippen molar-refractivity contribution in [3.63, 3.8) is 0 Å². The zero-order valence-electron chi connectivity index (χ0n) is 22.4. The van der Waals surface area contributed by atoms with Crippen molar-refractivity contribution >= 4 is 50.9 Å². The van der Waals surface area contributed by atoms with Crippen LogP contribution in [0.3, 0.4) is 0 Å². The van der Waals surface area contributed by atoms with E-state index < -0.39 is 0 Å². The number of halogens is 2. The van der Waals surface area contributed by atoms with Crippen LogP contribution < -0.4 is 5.32 Å². The van der Waals surface area contributed by atoms with Crippen LogP contribution in [0.15, 0.2) is 71.6 Å². The number of fused-ring (bicyclic) bond motifs is 2. The van der Waals surface area contributed by atoms with E-state index in [1.165, 1.54) is 0 Å². The van der Waals surface area contributed by atoms with Crippen molar-refractivity contribution in [2.75, 3.05) is 31.5 Å². The number of aromatic nitrogens is 3. The van der Waals surface area contributed by atoms with Gasteiger partial charge in [-0.2, -0.15) is 5.26 Å². The average Bonchev–Trinajstić information content (AvgIpc) is 3.33. The normalized spacial score (nSPS) is 16.7. The maximum Gasteiger partial charge on any atom is 0.321 e. The van der Waals surface area contributed by atoms with Crippen molar-refractivity contribution in [2.45, 2.75) is 19.5 Å². The quantitative estimate of drug-likeness (QED) is 0.284. The number of anilines is 1. The molecule has 3 heterocycles. The molecule has 1 saturated heterocycles. The highest BCUT2D eigenvalue weighted by molar-refractivity contribution is 9.10. The predicted molar refractivity (Wildman–Crippen MR) is 163 cm³/mol. The second-order valence-electron chi connectivity index (χ2n) is 10.2. The maximum absolute atomic E-state index is 13.0. The van der Waals surface area contributed by atoms with Gasteiger partial charge in [-0.25, -0.2) is 9.78 Å². The Kier molecular flexibility index (Phi) is 7.63. The van der Waals surface area contributed by atoms with Crippen LogP contribution in [0.5, 0.6) is 0 Å². The molecule has 0 spiro atoms. The molecule has 6 rings (SSSR count). The summed E-state index contributed by atoms with van der Waals surface area (Å²) < 4.78 is 3.04. The van der Waals surface area contributed by atoms with Gasteiger partial charge in [-0.3, -0.25) is 9.88 Å². The monoisotopic (exact) mass is 627 g/mol. The molecule has 0 saturated carbocycles. The van der Waals surface area contributed by atoms with E-state index in [0.717, 1.165) is 38.3 Å². The third-order valence-electron chi connectivity index (χ3n) is 7.66. The summed E-state index contributed by atoms with van der Waals surface area (Å²) in [6.45, 7) is 5.16. The summed E-state index contributed by atoms with van der Waals surface area (Å²) in [5, 5.41) is 12.7. The number of rotatable bonds is 4. The number of imidazole rings is 1. The van der Waals surface area contributed by atoms with Crippen LogP contribution in [0.25, 0.3) is 11.6 Å². The highest BCUT2D eigenvalue weighted by atomic mass is 79.9. The number of carbonyl (C=O) groups excluding carboxylic acids is 1. The number of hydrogen-bond donors (Lipinski definition) is 1. The molecular formula is C31H27BrClN7O. The minimum atomic E-state index is -0.149. The number of pyridine rings is 1. The van der Waals surface area contributed by atoms with E-state index in [-0.39, 0.29) is 12.1 Å². The zero-order chi connectivity index (χ0) is 28.5. The summed E-state index contributed by atoms with van der Waals surface area (Å²) in [5.74, 6) is 0.943. The molecular weight excluding hydrogens is 602 g/mol. The van der Waals surface area contributed by atoms with Crippen LogP contribution in [0.4, 0.5) is 10.5 Å². The number of benzene rings is 2. The molecule has 1 aliphatic heterocycles. The minimum Gasteiger partial charge on any atom is -0.331 e. The first kappa shape index (κ1) is 27.2. The first-order chi connectivity index (χ1) is 19.9. The standard InChI is InChI=1S/C31H27BrClN7O/c1-20-35-8-9-40(20)19-23-14-22-15-25(33)4-7-27(22)30(29-28(23)16-24(32)18-36-29)38-10-12-39(13-11-38)31(41)37-26-5-2-21(17-34)3-6-26/h2-9,14-16,18,30H,10-13,19H2,1H3,(H,37,41)/t30-/m0/s1. The minimum absolute atomic E-state index is 0.105. The Bertz CT molecular complexity index is 1680. The van der Waals surface area contributed by atoms with Crippen LogP contribution >= 0.6 is 27.5 Å². The van der Waals surface area contributed by atoms with E-state index in [0.29, 0.717) is 49.0 Å². The lowest BCUT2D eigenvalue weighted by Crippen LogP contribution is -2.51. The predicted octanol–water partition coefficient (Wildman–Crippen LogP) is 6.37.